The molecule has 0 aliphatic rings. The lowest BCUT2D eigenvalue weighted by Crippen LogP contribution is -2.18. The fourth-order valence-corrected chi connectivity index (χ4v) is 3.20. The highest BCUT2D eigenvalue weighted by Gasteiger charge is 2.27. The predicted molar refractivity (Wildman–Crippen MR) is 82.9 cm³/mol. The Hall–Kier alpha value is -2.55. The van der Waals surface area contributed by atoms with E-state index in [2.05, 4.69) is 10.3 Å². The van der Waals surface area contributed by atoms with E-state index in [-0.39, 0.29) is 5.13 Å². The molecule has 0 bridgehead atoms. The first kappa shape index (κ1) is 17.3. The Morgan fingerprint density at radius 1 is 1.04 bits per heavy atom. The zero-order chi connectivity index (χ0) is 18.3. The number of carbonyl (C=O) groups is 1. The number of fused-ring (bicyclic) bond motifs is 1. The van der Waals surface area contributed by atoms with Crippen LogP contribution in [0, 0.1) is 36.0 Å². The molecule has 0 aliphatic heterocycles. The van der Waals surface area contributed by atoms with Gasteiger partial charge in [0.2, 0.25) is 11.7 Å². The van der Waals surface area contributed by atoms with Crippen molar-refractivity contribution < 1.29 is 26.7 Å². The van der Waals surface area contributed by atoms with Crippen molar-refractivity contribution in [2.75, 3.05) is 5.32 Å². The molecule has 1 aromatic heterocycles. The molecule has 1 N–H and O–H groups in total. The van der Waals surface area contributed by atoms with Crippen LogP contribution in [0.3, 0.4) is 0 Å². The molecular formula is C16H9F5N2OS. The highest BCUT2D eigenvalue weighted by atomic mass is 32.1. The van der Waals surface area contributed by atoms with E-state index in [0.29, 0.717) is 5.52 Å². The molecule has 3 nitrogen and oxygen atoms in total. The highest BCUT2D eigenvalue weighted by Crippen LogP contribution is 2.27. The van der Waals surface area contributed by atoms with E-state index in [9.17, 15) is 26.7 Å². The van der Waals surface area contributed by atoms with Crippen LogP contribution in [0.25, 0.3) is 10.2 Å². The first-order chi connectivity index (χ1) is 11.8. The van der Waals surface area contributed by atoms with E-state index < -0.39 is 47.0 Å². The Morgan fingerprint density at radius 2 is 1.64 bits per heavy atom. The van der Waals surface area contributed by atoms with Crippen molar-refractivity contribution in [2.45, 2.75) is 13.3 Å². The van der Waals surface area contributed by atoms with E-state index in [1.807, 2.05) is 19.1 Å². The van der Waals surface area contributed by atoms with Crippen LogP contribution < -0.4 is 5.32 Å². The maximum atomic E-state index is 13.6. The molecule has 3 aromatic rings. The number of carbonyl (C=O) groups excluding carboxylic acids is 1. The van der Waals surface area contributed by atoms with Gasteiger partial charge in [-0.25, -0.2) is 26.9 Å². The van der Waals surface area contributed by atoms with Crippen LogP contribution in [0.5, 0.6) is 0 Å². The summed E-state index contributed by atoms with van der Waals surface area (Å²) >= 11 is 1.13. The van der Waals surface area contributed by atoms with Crippen molar-refractivity contribution in [1.82, 2.24) is 4.98 Å². The molecule has 0 aliphatic carbocycles. The Bertz CT molecular complexity index is 973. The largest absolute Gasteiger partial charge is 0.302 e. The molecule has 0 radical (unpaired) electrons. The Kier molecular flexibility index (Phi) is 4.42. The first-order valence-electron chi connectivity index (χ1n) is 6.95. The summed E-state index contributed by atoms with van der Waals surface area (Å²) in [7, 11) is 0. The number of halogens is 5. The Morgan fingerprint density at radius 3 is 2.28 bits per heavy atom. The van der Waals surface area contributed by atoms with Crippen LogP contribution in [0.1, 0.15) is 11.1 Å². The summed E-state index contributed by atoms with van der Waals surface area (Å²) in [6.45, 7) is 1.88. The van der Waals surface area contributed by atoms with Gasteiger partial charge in [-0.1, -0.05) is 17.4 Å². The summed E-state index contributed by atoms with van der Waals surface area (Å²) in [6, 6.07) is 5.40. The smallest absolute Gasteiger partial charge is 0.230 e. The van der Waals surface area contributed by atoms with Crippen LogP contribution in [0.2, 0.25) is 0 Å². The summed E-state index contributed by atoms with van der Waals surface area (Å²) < 4.78 is 67.3. The van der Waals surface area contributed by atoms with Crippen LogP contribution >= 0.6 is 11.3 Å². The summed E-state index contributed by atoms with van der Waals surface area (Å²) in [4.78, 5) is 16.0. The van der Waals surface area contributed by atoms with Crippen LogP contribution in [-0.2, 0) is 11.2 Å². The molecule has 0 spiro atoms. The minimum atomic E-state index is -2.26. The van der Waals surface area contributed by atoms with Crippen molar-refractivity contribution in [1.29, 1.82) is 0 Å². The van der Waals surface area contributed by atoms with Gasteiger partial charge >= 0.3 is 0 Å². The van der Waals surface area contributed by atoms with E-state index in [4.69, 9.17) is 0 Å². The van der Waals surface area contributed by atoms with Gasteiger partial charge in [0.25, 0.3) is 0 Å². The summed E-state index contributed by atoms with van der Waals surface area (Å²) in [5.74, 6) is -11.4. The summed E-state index contributed by atoms with van der Waals surface area (Å²) in [6.07, 6.45) is -1.01. The van der Waals surface area contributed by atoms with Crippen molar-refractivity contribution in [3.05, 3.63) is 58.4 Å². The molecule has 1 amide bonds. The average molecular weight is 372 g/mol. The molecule has 3 rings (SSSR count). The number of amides is 1. The Balaban J connectivity index is 1.85. The zero-order valence-electron chi connectivity index (χ0n) is 12.6. The topological polar surface area (TPSA) is 42.0 Å². The number of aromatic nitrogens is 1. The second-order valence-corrected chi connectivity index (χ2v) is 6.29. The quantitative estimate of drug-likeness (QED) is 0.418. The van der Waals surface area contributed by atoms with Gasteiger partial charge in [0.15, 0.2) is 28.4 Å². The van der Waals surface area contributed by atoms with E-state index >= 15 is 0 Å². The SMILES string of the molecule is Cc1ccc2nc(NC(=O)Cc3c(F)c(F)c(F)c(F)c3F)sc2c1. The third-order valence-corrected chi connectivity index (χ3v) is 4.36. The maximum Gasteiger partial charge on any atom is 0.230 e. The van der Waals surface area contributed by atoms with Crippen molar-refractivity contribution in [2.24, 2.45) is 0 Å². The molecule has 1 heterocycles. The summed E-state index contributed by atoms with van der Waals surface area (Å²) in [5.41, 5.74) is 0.406. The molecule has 0 fully saturated rings. The molecule has 130 valence electrons. The number of hydrogen-bond donors (Lipinski definition) is 1. The lowest BCUT2D eigenvalue weighted by atomic mass is 10.1. The van der Waals surface area contributed by atoms with E-state index in [1.54, 1.807) is 6.07 Å². The zero-order valence-corrected chi connectivity index (χ0v) is 13.4. The third kappa shape index (κ3) is 3.19. The number of thiazole rings is 1. The van der Waals surface area contributed by atoms with Gasteiger partial charge in [0.1, 0.15) is 0 Å². The molecular weight excluding hydrogens is 363 g/mol. The monoisotopic (exact) mass is 372 g/mol. The molecule has 0 unspecified atom stereocenters. The molecule has 0 saturated carbocycles. The number of hydrogen-bond acceptors (Lipinski definition) is 3. The van der Waals surface area contributed by atoms with Crippen LogP contribution in [0.4, 0.5) is 27.1 Å². The van der Waals surface area contributed by atoms with Gasteiger partial charge in [0.05, 0.1) is 16.6 Å². The number of anilines is 1. The Labute approximate surface area is 142 Å². The number of nitrogens with zero attached hydrogens (tertiary/aromatic N) is 1. The van der Waals surface area contributed by atoms with Crippen molar-refractivity contribution in [3.63, 3.8) is 0 Å². The second-order valence-electron chi connectivity index (χ2n) is 5.26. The van der Waals surface area contributed by atoms with Crippen LogP contribution in [0.15, 0.2) is 18.2 Å². The molecule has 0 atom stereocenters. The lowest BCUT2D eigenvalue weighted by Gasteiger charge is -2.07. The van der Waals surface area contributed by atoms with Crippen molar-refractivity contribution in [3.8, 4) is 0 Å². The molecule has 9 heteroatoms. The lowest BCUT2D eigenvalue weighted by molar-refractivity contribution is -0.115. The van der Waals surface area contributed by atoms with Gasteiger partial charge in [-0.2, -0.15) is 0 Å². The number of aryl methyl sites for hydroxylation is 1. The highest BCUT2D eigenvalue weighted by molar-refractivity contribution is 7.22. The van der Waals surface area contributed by atoms with E-state index in [1.165, 1.54) is 0 Å². The second kappa shape index (κ2) is 6.40. The van der Waals surface area contributed by atoms with Gasteiger partial charge in [0, 0.05) is 5.56 Å². The van der Waals surface area contributed by atoms with Crippen LogP contribution in [-0.4, -0.2) is 10.9 Å². The van der Waals surface area contributed by atoms with E-state index in [0.717, 1.165) is 21.6 Å². The normalized spacial score (nSPS) is 11.1. The first-order valence-corrected chi connectivity index (χ1v) is 7.77. The minimum Gasteiger partial charge on any atom is -0.302 e. The van der Waals surface area contributed by atoms with Gasteiger partial charge < -0.3 is 5.32 Å². The molecule has 0 saturated heterocycles. The standard InChI is InChI=1S/C16H9F5N2OS/c1-6-2-3-8-9(4-6)25-16(22-8)23-10(24)5-7-11(17)13(19)15(21)14(20)12(7)18/h2-4H,5H2,1H3,(H,22,23,24). The van der Waals surface area contributed by atoms with Crippen molar-refractivity contribution >= 4 is 32.6 Å². The number of rotatable bonds is 3. The van der Waals surface area contributed by atoms with Gasteiger partial charge in [-0.05, 0) is 24.6 Å². The number of nitrogens with one attached hydrogen (secondary N) is 1. The minimum absolute atomic E-state index is 0.162. The van der Waals surface area contributed by atoms with Gasteiger partial charge in [-0.3, -0.25) is 4.79 Å². The third-order valence-electron chi connectivity index (χ3n) is 3.43. The predicted octanol–water partition coefficient (Wildman–Crippen LogP) is 4.48. The fraction of sp³-hybridized carbons (Fsp3) is 0.125. The number of benzene rings is 2. The maximum absolute atomic E-state index is 13.6. The fourth-order valence-electron chi connectivity index (χ4n) is 2.21. The average Bonchev–Trinajstić information content (AvgIpc) is 2.96. The molecule has 2 aromatic carbocycles. The summed E-state index contributed by atoms with van der Waals surface area (Å²) in [5, 5.41) is 2.47. The molecule has 25 heavy (non-hydrogen) atoms. The van der Waals surface area contributed by atoms with Gasteiger partial charge in [-0.15, -0.1) is 0 Å².